The molecule has 1 aromatic rings. The lowest BCUT2D eigenvalue weighted by atomic mass is 10.1. The van der Waals surface area contributed by atoms with E-state index in [2.05, 4.69) is 16.3 Å². The fourth-order valence-electron chi connectivity index (χ4n) is 1.48. The van der Waals surface area contributed by atoms with Gasteiger partial charge in [-0.25, -0.2) is 0 Å². The smallest absolute Gasteiger partial charge is 0.149 e. The summed E-state index contributed by atoms with van der Waals surface area (Å²) in [6.07, 6.45) is 0. The van der Waals surface area contributed by atoms with Crippen LogP contribution in [-0.2, 0) is 0 Å². The zero-order valence-electron chi connectivity index (χ0n) is 11.0. The third-order valence-corrected chi connectivity index (χ3v) is 2.06. The summed E-state index contributed by atoms with van der Waals surface area (Å²) in [6.45, 7) is 10.1. The van der Waals surface area contributed by atoms with E-state index in [0.717, 1.165) is 17.0 Å². The molecule has 0 aliphatic carbocycles. The maximum atomic E-state index is 5.34. The summed E-state index contributed by atoms with van der Waals surface area (Å²) in [6, 6.07) is 4.07. The van der Waals surface area contributed by atoms with Crippen LogP contribution in [0.3, 0.4) is 0 Å². The van der Waals surface area contributed by atoms with E-state index >= 15 is 0 Å². The molecule has 0 radical (unpaired) electrons. The lowest BCUT2D eigenvalue weighted by Gasteiger charge is -2.12. The van der Waals surface area contributed by atoms with Crippen LogP contribution in [0.5, 0.6) is 5.75 Å². The molecule has 16 heavy (non-hydrogen) atoms. The van der Waals surface area contributed by atoms with Crippen molar-refractivity contribution in [3.63, 3.8) is 0 Å². The van der Waals surface area contributed by atoms with Gasteiger partial charge in [-0.15, -0.1) is 0 Å². The molecule has 0 heterocycles. The molecular weight excluding hydrogens is 200 g/mol. The molecule has 0 bridgehead atoms. The zero-order chi connectivity index (χ0) is 12.3. The summed E-state index contributed by atoms with van der Waals surface area (Å²) >= 11 is 0. The Bertz CT molecular complexity index is 403. The number of hydrogen-bond donors (Lipinski definition) is 0. The highest BCUT2D eigenvalue weighted by Gasteiger charge is 2.10. The number of azo groups is 1. The summed E-state index contributed by atoms with van der Waals surface area (Å²) in [5.74, 6) is 0.804. The lowest BCUT2D eigenvalue weighted by Crippen LogP contribution is -2.07. The van der Waals surface area contributed by atoms with Crippen molar-refractivity contribution in [2.24, 2.45) is 10.2 Å². The minimum atomic E-state index is -0.164. The Hall–Kier alpha value is -1.38. The lowest BCUT2D eigenvalue weighted by molar-refractivity contribution is 0.412. The molecule has 0 aliphatic rings. The largest absolute Gasteiger partial charge is 0.494 e. The van der Waals surface area contributed by atoms with Crippen LogP contribution in [0.1, 0.15) is 31.9 Å². The Morgan fingerprint density at radius 1 is 1.12 bits per heavy atom. The molecule has 3 heteroatoms. The van der Waals surface area contributed by atoms with Crippen LogP contribution >= 0.6 is 0 Å². The van der Waals surface area contributed by atoms with Crippen molar-refractivity contribution in [2.75, 3.05) is 7.11 Å². The van der Waals surface area contributed by atoms with Gasteiger partial charge in [0.1, 0.15) is 11.4 Å². The summed E-state index contributed by atoms with van der Waals surface area (Å²) in [5.41, 5.74) is 2.89. The molecule has 0 amide bonds. The van der Waals surface area contributed by atoms with Crippen molar-refractivity contribution in [2.45, 2.75) is 40.2 Å². The number of benzene rings is 1. The quantitative estimate of drug-likeness (QED) is 0.688. The first-order valence-corrected chi connectivity index (χ1v) is 5.41. The van der Waals surface area contributed by atoms with Crippen molar-refractivity contribution in [3.05, 3.63) is 23.3 Å². The molecular formula is C13H20N2O. The van der Waals surface area contributed by atoms with Crippen LogP contribution in [0.4, 0.5) is 5.69 Å². The highest BCUT2D eigenvalue weighted by atomic mass is 16.5. The van der Waals surface area contributed by atoms with Crippen molar-refractivity contribution in [3.8, 4) is 5.75 Å². The minimum absolute atomic E-state index is 0.164. The van der Waals surface area contributed by atoms with Crippen LogP contribution in [-0.4, -0.2) is 12.6 Å². The third-order valence-electron chi connectivity index (χ3n) is 2.06. The van der Waals surface area contributed by atoms with Crippen LogP contribution in [0.25, 0.3) is 0 Å². The van der Waals surface area contributed by atoms with Crippen LogP contribution in [0, 0.1) is 13.8 Å². The van der Waals surface area contributed by atoms with Gasteiger partial charge in [-0.1, -0.05) is 6.07 Å². The molecule has 0 atom stereocenters. The van der Waals surface area contributed by atoms with Crippen molar-refractivity contribution >= 4 is 5.69 Å². The first-order chi connectivity index (χ1) is 7.33. The average Bonchev–Trinajstić information content (AvgIpc) is 2.12. The van der Waals surface area contributed by atoms with Gasteiger partial charge in [0.05, 0.1) is 12.6 Å². The number of ether oxygens (including phenoxy) is 1. The minimum Gasteiger partial charge on any atom is -0.494 e. The molecule has 1 rings (SSSR count). The number of hydrogen-bond acceptors (Lipinski definition) is 3. The predicted octanol–water partition coefficient (Wildman–Crippen LogP) is 4.19. The first kappa shape index (κ1) is 12.7. The van der Waals surface area contributed by atoms with Gasteiger partial charge in [-0.05, 0) is 51.8 Å². The Morgan fingerprint density at radius 3 is 2.25 bits per heavy atom. The van der Waals surface area contributed by atoms with Gasteiger partial charge in [0.25, 0.3) is 0 Å². The summed E-state index contributed by atoms with van der Waals surface area (Å²) in [5, 5.41) is 8.53. The summed E-state index contributed by atoms with van der Waals surface area (Å²) in [4.78, 5) is 0. The second-order valence-corrected chi connectivity index (χ2v) is 5.01. The highest BCUT2D eigenvalue weighted by Crippen LogP contribution is 2.33. The molecule has 0 unspecified atom stereocenters. The topological polar surface area (TPSA) is 34.0 Å². The first-order valence-electron chi connectivity index (χ1n) is 5.41. The average molecular weight is 220 g/mol. The van der Waals surface area contributed by atoms with Gasteiger partial charge in [-0.2, -0.15) is 10.2 Å². The fraction of sp³-hybridized carbons (Fsp3) is 0.538. The van der Waals surface area contributed by atoms with E-state index in [1.54, 1.807) is 7.11 Å². The maximum Gasteiger partial charge on any atom is 0.149 e. The Labute approximate surface area is 97.5 Å². The van der Waals surface area contributed by atoms with Crippen LogP contribution in [0.2, 0.25) is 0 Å². The van der Waals surface area contributed by atoms with E-state index in [4.69, 9.17) is 4.74 Å². The van der Waals surface area contributed by atoms with Crippen LogP contribution < -0.4 is 4.74 Å². The molecule has 0 saturated carbocycles. The van der Waals surface area contributed by atoms with Gasteiger partial charge in [-0.3, -0.25) is 0 Å². The maximum absolute atomic E-state index is 5.34. The van der Waals surface area contributed by atoms with Crippen molar-refractivity contribution in [1.82, 2.24) is 0 Å². The zero-order valence-corrected chi connectivity index (χ0v) is 11.0. The summed E-state index contributed by atoms with van der Waals surface area (Å²) < 4.78 is 5.34. The standard InChI is InChI=1S/C13H20N2O/c1-9-7-10(2)12(16-6)11(8-9)14-15-13(3,4)5/h7-8H,1-6H3. The number of methoxy groups -OCH3 is 1. The monoisotopic (exact) mass is 220 g/mol. The second-order valence-electron chi connectivity index (χ2n) is 5.01. The van der Waals surface area contributed by atoms with Gasteiger partial charge < -0.3 is 4.74 Å². The van der Waals surface area contributed by atoms with Gasteiger partial charge >= 0.3 is 0 Å². The van der Waals surface area contributed by atoms with E-state index < -0.39 is 0 Å². The highest BCUT2D eigenvalue weighted by molar-refractivity contribution is 5.57. The summed E-state index contributed by atoms with van der Waals surface area (Å²) in [7, 11) is 1.66. The third kappa shape index (κ3) is 3.33. The molecule has 1 aromatic carbocycles. The van der Waals surface area contributed by atoms with E-state index in [9.17, 15) is 0 Å². The Kier molecular flexibility index (Phi) is 3.68. The van der Waals surface area contributed by atoms with Gasteiger partial charge in [0.2, 0.25) is 0 Å². The van der Waals surface area contributed by atoms with E-state index in [0.29, 0.717) is 0 Å². The SMILES string of the molecule is COc1c(C)cc(C)cc1N=NC(C)(C)C. The number of aryl methyl sites for hydroxylation is 2. The number of rotatable bonds is 2. The van der Waals surface area contributed by atoms with E-state index in [-0.39, 0.29) is 5.54 Å². The second kappa shape index (κ2) is 4.64. The van der Waals surface area contributed by atoms with Gasteiger partial charge in [0.15, 0.2) is 0 Å². The predicted molar refractivity (Wildman–Crippen MR) is 66.7 cm³/mol. The van der Waals surface area contributed by atoms with Crippen LogP contribution in [0.15, 0.2) is 22.4 Å². The van der Waals surface area contributed by atoms with Crippen molar-refractivity contribution in [1.29, 1.82) is 0 Å². The Balaban J connectivity index is 3.17. The molecule has 0 N–H and O–H groups in total. The van der Waals surface area contributed by atoms with E-state index in [1.807, 2.05) is 40.7 Å². The molecule has 0 aromatic heterocycles. The van der Waals surface area contributed by atoms with Crippen molar-refractivity contribution < 1.29 is 4.74 Å². The molecule has 0 aliphatic heterocycles. The van der Waals surface area contributed by atoms with E-state index in [1.165, 1.54) is 5.56 Å². The normalized spacial score (nSPS) is 12.1. The fourth-order valence-corrected chi connectivity index (χ4v) is 1.48. The number of nitrogens with zero attached hydrogens (tertiary/aromatic N) is 2. The molecule has 0 saturated heterocycles. The van der Waals surface area contributed by atoms with Gasteiger partial charge in [0, 0.05) is 0 Å². The molecule has 88 valence electrons. The molecule has 3 nitrogen and oxygen atoms in total. The molecule has 0 fully saturated rings. The molecule has 0 spiro atoms. The Morgan fingerprint density at radius 2 is 1.75 bits per heavy atom.